The summed E-state index contributed by atoms with van der Waals surface area (Å²) in [5, 5.41) is 11.6. The maximum absolute atomic E-state index is 13.7. The Kier molecular flexibility index (Phi) is 10.4. The number of halogens is 3. The van der Waals surface area contributed by atoms with Crippen LogP contribution in [0.15, 0.2) is 101 Å². The van der Waals surface area contributed by atoms with Gasteiger partial charge in [-0.05, 0) is 42.7 Å². The predicted octanol–water partition coefficient (Wildman–Crippen LogP) is 6.83. The second-order valence-corrected chi connectivity index (χ2v) is 9.73. The molecule has 1 atom stereocenters. The second kappa shape index (κ2) is 14.4. The summed E-state index contributed by atoms with van der Waals surface area (Å²) in [5.74, 6) is -0.431. The van der Waals surface area contributed by atoms with Crippen LogP contribution in [0.25, 0.3) is 11.5 Å². The van der Waals surface area contributed by atoms with E-state index >= 15 is 0 Å². The lowest BCUT2D eigenvalue weighted by molar-refractivity contribution is -0.140. The maximum Gasteiger partial charge on any atom is 0.431 e. The average molecular weight is 593 g/mol. The van der Waals surface area contributed by atoms with Crippen molar-refractivity contribution in [1.29, 1.82) is 0 Å². The van der Waals surface area contributed by atoms with Gasteiger partial charge in [0.25, 0.3) is 0 Å². The maximum atomic E-state index is 13.7. The van der Waals surface area contributed by atoms with Crippen LogP contribution >= 0.6 is 0 Å². The molecule has 0 aliphatic rings. The first-order chi connectivity index (χ1) is 20.6. The highest BCUT2D eigenvalue weighted by molar-refractivity contribution is 6.05. The lowest BCUT2D eigenvalue weighted by atomic mass is 10.0. The number of ether oxygens (including phenoxy) is 1. The van der Waals surface area contributed by atoms with Gasteiger partial charge in [0.15, 0.2) is 5.78 Å². The molecule has 2 N–H and O–H groups in total. The van der Waals surface area contributed by atoms with Crippen LogP contribution in [0.1, 0.15) is 40.7 Å². The molecule has 0 unspecified atom stereocenters. The summed E-state index contributed by atoms with van der Waals surface area (Å²) in [7, 11) is 0. The average Bonchev–Trinajstić information content (AvgIpc) is 3.42. The summed E-state index contributed by atoms with van der Waals surface area (Å²) < 4.78 is 52.8. The lowest BCUT2D eigenvalue weighted by Gasteiger charge is -2.20. The van der Waals surface area contributed by atoms with Crippen LogP contribution in [0.2, 0.25) is 0 Å². The van der Waals surface area contributed by atoms with Crippen LogP contribution in [0.4, 0.5) is 13.2 Å². The van der Waals surface area contributed by atoms with E-state index in [0.29, 0.717) is 49.1 Å². The zero-order valence-electron chi connectivity index (χ0n) is 23.4. The van der Waals surface area contributed by atoms with E-state index in [1.165, 1.54) is 24.3 Å². The number of carboxylic acid groups (broad SMARTS) is 1. The SMILES string of the molecule is CCc1oc(-c2ccccc2)nc1CCCOc1ccc(C[C@H](N/C(=C\C(=O)c2ccccc2)C(F)(F)F)C(=O)O)cc1. The first-order valence-corrected chi connectivity index (χ1v) is 13.8. The third-order valence-corrected chi connectivity index (χ3v) is 6.58. The van der Waals surface area contributed by atoms with Crippen LogP contribution < -0.4 is 10.1 Å². The monoisotopic (exact) mass is 592 g/mol. The van der Waals surface area contributed by atoms with Gasteiger partial charge in [0, 0.05) is 30.0 Å². The molecule has 0 saturated heterocycles. The number of nitrogens with one attached hydrogen (secondary N) is 1. The van der Waals surface area contributed by atoms with Crippen LogP contribution in [-0.2, 0) is 24.1 Å². The number of carboxylic acids is 1. The van der Waals surface area contributed by atoms with Crippen LogP contribution in [0.3, 0.4) is 0 Å². The molecule has 4 rings (SSSR count). The number of hydrogen-bond acceptors (Lipinski definition) is 6. The van der Waals surface area contributed by atoms with Gasteiger partial charge < -0.3 is 19.6 Å². The fraction of sp³-hybridized carbons (Fsp3) is 0.242. The van der Waals surface area contributed by atoms with Crippen molar-refractivity contribution < 1.29 is 37.0 Å². The molecular weight excluding hydrogens is 561 g/mol. The molecule has 4 aromatic rings. The molecule has 1 aromatic heterocycles. The van der Waals surface area contributed by atoms with Gasteiger partial charge in [-0.15, -0.1) is 0 Å². The van der Waals surface area contributed by atoms with E-state index in [2.05, 4.69) is 4.98 Å². The Morgan fingerprint density at radius 2 is 1.65 bits per heavy atom. The van der Waals surface area contributed by atoms with Crippen molar-refractivity contribution >= 4 is 11.8 Å². The van der Waals surface area contributed by atoms with Crippen molar-refractivity contribution in [2.24, 2.45) is 0 Å². The van der Waals surface area contributed by atoms with Crippen LogP contribution in [0, 0.1) is 0 Å². The van der Waals surface area contributed by atoms with E-state index in [1.807, 2.05) is 42.6 Å². The molecule has 3 aromatic carbocycles. The standard InChI is InChI=1S/C33H31F3N2O5/c1-2-29-26(38-31(43-29)24-12-7-4-8-13-24)14-9-19-42-25-17-15-22(16-18-25)20-27(32(40)41)37-30(33(34,35)36)21-28(39)23-10-5-3-6-11-23/h3-8,10-13,15-18,21,27,37H,2,9,14,19-20H2,1H3,(H,40,41)/b30-21-/t27-/m0/s1. The number of allylic oxidation sites excluding steroid dienone is 2. The number of carbonyl (C=O) groups excluding carboxylic acids is 1. The molecule has 224 valence electrons. The lowest BCUT2D eigenvalue weighted by Crippen LogP contribution is -2.42. The highest BCUT2D eigenvalue weighted by Crippen LogP contribution is 2.26. The quantitative estimate of drug-likeness (QED) is 0.0940. The normalized spacial score (nSPS) is 12.5. The third-order valence-electron chi connectivity index (χ3n) is 6.58. The van der Waals surface area contributed by atoms with E-state index in [-0.39, 0.29) is 12.0 Å². The van der Waals surface area contributed by atoms with Gasteiger partial charge in [-0.25, -0.2) is 9.78 Å². The topological polar surface area (TPSA) is 102 Å². The number of aryl methyl sites for hydroxylation is 2. The molecule has 0 radical (unpaired) electrons. The van der Waals surface area contributed by atoms with Gasteiger partial charge in [-0.1, -0.05) is 67.6 Å². The Hall–Kier alpha value is -4.86. The number of ketones is 1. The Morgan fingerprint density at radius 1 is 1.00 bits per heavy atom. The van der Waals surface area contributed by atoms with Crippen molar-refractivity contribution in [3.63, 3.8) is 0 Å². The molecule has 43 heavy (non-hydrogen) atoms. The fourth-order valence-corrected chi connectivity index (χ4v) is 4.36. The first kappa shape index (κ1) is 31.1. The van der Waals surface area contributed by atoms with Crippen molar-refractivity contribution in [2.75, 3.05) is 6.61 Å². The fourth-order valence-electron chi connectivity index (χ4n) is 4.36. The first-order valence-electron chi connectivity index (χ1n) is 13.8. The smallest absolute Gasteiger partial charge is 0.431 e. The highest BCUT2D eigenvalue weighted by atomic mass is 19.4. The summed E-state index contributed by atoms with van der Waals surface area (Å²) in [4.78, 5) is 28.8. The predicted molar refractivity (Wildman–Crippen MR) is 155 cm³/mol. The molecule has 0 saturated carbocycles. The van der Waals surface area contributed by atoms with Crippen molar-refractivity contribution in [1.82, 2.24) is 10.3 Å². The van der Waals surface area contributed by atoms with E-state index in [9.17, 15) is 27.9 Å². The molecule has 0 spiro atoms. The van der Waals surface area contributed by atoms with Gasteiger partial charge in [0.05, 0.1) is 12.3 Å². The van der Waals surface area contributed by atoms with Crippen LogP contribution in [-0.4, -0.2) is 40.7 Å². The number of nitrogens with zero attached hydrogens (tertiary/aromatic N) is 1. The highest BCUT2D eigenvalue weighted by Gasteiger charge is 2.37. The minimum atomic E-state index is -4.96. The minimum Gasteiger partial charge on any atom is -0.494 e. The molecule has 0 aliphatic carbocycles. The number of aliphatic carboxylic acids is 1. The Morgan fingerprint density at radius 3 is 2.26 bits per heavy atom. The van der Waals surface area contributed by atoms with Crippen molar-refractivity contribution in [3.8, 4) is 17.2 Å². The van der Waals surface area contributed by atoms with Crippen molar-refractivity contribution in [3.05, 3.63) is 119 Å². The van der Waals surface area contributed by atoms with Gasteiger partial charge in [0.2, 0.25) is 5.89 Å². The minimum absolute atomic E-state index is 0.0530. The van der Waals surface area contributed by atoms with Crippen molar-refractivity contribution in [2.45, 2.75) is 44.8 Å². The summed E-state index contributed by atoms with van der Waals surface area (Å²) in [6.45, 7) is 2.40. The molecule has 0 fully saturated rings. The molecular formula is C33H31F3N2O5. The number of oxazole rings is 1. The largest absolute Gasteiger partial charge is 0.494 e. The summed E-state index contributed by atoms with van der Waals surface area (Å²) in [6.07, 6.45) is -2.78. The zero-order valence-corrected chi connectivity index (χ0v) is 23.4. The molecule has 1 heterocycles. The zero-order chi connectivity index (χ0) is 30.8. The number of aromatic nitrogens is 1. The van der Waals surface area contributed by atoms with E-state index in [0.717, 1.165) is 17.0 Å². The second-order valence-electron chi connectivity index (χ2n) is 9.73. The Labute approximate surface area is 247 Å². The number of hydrogen-bond donors (Lipinski definition) is 2. The third kappa shape index (κ3) is 8.81. The van der Waals surface area contributed by atoms with E-state index < -0.39 is 29.7 Å². The summed E-state index contributed by atoms with van der Waals surface area (Å²) in [6, 6.07) is 21.9. The summed E-state index contributed by atoms with van der Waals surface area (Å²) in [5.41, 5.74) is 0.892. The van der Waals surface area contributed by atoms with Gasteiger partial charge in [-0.2, -0.15) is 13.2 Å². The number of rotatable bonds is 14. The van der Waals surface area contributed by atoms with Gasteiger partial charge in [0.1, 0.15) is 23.2 Å². The number of alkyl halides is 3. The van der Waals surface area contributed by atoms with Crippen LogP contribution in [0.5, 0.6) is 5.75 Å². The molecule has 10 heteroatoms. The van der Waals surface area contributed by atoms with E-state index in [1.54, 1.807) is 30.3 Å². The van der Waals surface area contributed by atoms with Gasteiger partial charge in [-0.3, -0.25) is 4.79 Å². The number of benzene rings is 3. The Balaban J connectivity index is 1.33. The molecule has 0 aliphatic heterocycles. The molecule has 7 nitrogen and oxygen atoms in total. The number of carbonyl (C=O) groups is 2. The summed E-state index contributed by atoms with van der Waals surface area (Å²) >= 11 is 0. The molecule has 0 bridgehead atoms. The Bertz CT molecular complexity index is 1530. The van der Waals surface area contributed by atoms with E-state index in [4.69, 9.17) is 9.15 Å². The molecule has 0 amide bonds. The van der Waals surface area contributed by atoms with Gasteiger partial charge >= 0.3 is 12.1 Å².